The van der Waals surface area contributed by atoms with Crippen LogP contribution in [0.15, 0.2) is 48.5 Å². The zero-order valence-corrected chi connectivity index (χ0v) is 27.7. The summed E-state index contributed by atoms with van der Waals surface area (Å²) >= 11 is 0. The molecular formula is C34H40FN5O10. The number of rotatable bonds is 15. The van der Waals surface area contributed by atoms with E-state index in [1.54, 1.807) is 38.1 Å². The van der Waals surface area contributed by atoms with Crippen LogP contribution in [0.5, 0.6) is 0 Å². The zero-order chi connectivity index (χ0) is 37.1. The van der Waals surface area contributed by atoms with E-state index in [1.165, 1.54) is 31.2 Å². The number of hydrogen-bond acceptors (Lipinski definition) is 8. The molecule has 0 bridgehead atoms. The van der Waals surface area contributed by atoms with Crippen LogP contribution in [0.1, 0.15) is 63.2 Å². The second-order valence-electron chi connectivity index (χ2n) is 12.0. The van der Waals surface area contributed by atoms with Crippen LogP contribution in [0.2, 0.25) is 0 Å². The molecule has 1 aliphatic heterocycles. The van der Waals surface area contributed by atoms with Crippen molar-refractivity contribution in [2.45, 2.75) is 77.0 Å². The SMILES string of the molecule is CC[C@H](C)[C@H](NC(C)=O)C(=O)N[C@@H](CCC(=O)O)C(=O)N1C[C@@H](NC(=O)c2ccc(-c3cccc(F)c3)cc2)C[C@H]1C(=O)NC(=O)CC(=O)O. The normalized spacial score (nSPS) is 17.1. The first kappa shape index (κ1) is 38.8. The van der Waals surface area contributed by atoms with Gasteiger partial charge < -0.3 is 31.1 Å². The highest BCUT2D eigenvalue weighted by atomic mass is 19.1. The lowest BCUT2D eigenvalue weighted by atomic mass is 9.97. The van der Waals surface area contributed by atoms with Gasteiger partial charge in [-0.25, -0.2) is 4.39 Å². The minimum Gasteiger partial charge on any atom is -0.481 e. The maximum atomic E-state index is 14.0. The third-order valence-corrected chi connectivity index (χ3v) is 8.22. The summed E-state index contributed by atoms with van der Waals surface area (Å²) in [4.78, 5) is 101. The molecule has 2 aromatic rings. The number of likely N-dealkylation sites (tertiary alicyclic amines) is 1. The van der Waals surface area contributed by atoms with Crippen molar-refractivity contribution in [2.24, 2.45) is 5.92 Å². The number of halogens is 1. The number of aliphatic carboxylic acids is 2. The lowest BCUT2D eigenvalue weighted by molar-refractivity contribution is -0.146. The molecule has 1 fully saturated rings. The summed E-state index contributed by atoms with van der Waals surface area (Å²) in [5.74, 6) is -8.53. The van der Waals surface area contributed by atoms with Gasteiger partial charge in [0, 0.05) is 31.5 Å². The highest BCUT2D eigenvalue weighted by Crippen LogP contribution is 2.23. The molecule has 0 saturated carbocycles. The van der Waals surface area contributed by atoms with Crippen LogP contribution in [-0.4, -0.2) is 93.2 Å². The third-order valence-electron chi connectivity index (χ3n) is 8.22. The van der Waals surface area contributed by atoms with Crippen molar-refractivity contribution in [1.29, 1.82) is 0 Å². The fraction of sp³-hybridized carbons (Fsp3) is 0.412. The molecule has 6 amide bonds. The van der Waals surface area contributed by atoms with Crippen molar-refractivity contribution in [2.75, 3.05) is 6.54 Å². The van der Waals surface area contributed by atoms with E-state index in [4.69, 9.17) is 5.11 Å². The standard InChI is InChI=1S/C34H40FN5O10/c1-4-18(2)30(36-19(3)41)33(49)38-25(12-13-28(43)44)34(50)40-17-24(15-26(40)32(48)39-27(42)16-29(45)46)37-31(47)21-10-8-20(9-11-21)22-6-5-7-23(35)14-22/h5-11,14,18,24-26,30H,4,12-13,15-17H2,1-3H3,(H,36,41)(H,37,47)(H,38,49)(H,43,44)(H,45,46)(H,39,42,48)/t18-,24-,25-,26-,30-/m0/s1. The van der Waals surface area contributed by atoms with Gasteiger partial charge >= 0.3 is 11.9 Å². The van der Waals surface area contributed by atoms with E-state index >= 15 is 0 Å². The molecule has 1 aliphatic rings. The largest absolute Gasteiger partial charge is 0.481 e. The molecule has 0 aliphatic carbocycles. The molecule has 16 heteroatoms. The molecule has 1 heterocycles. The highest BCUT2D eigenvalue weighted by Gasteiger charge is 2.43. The molecule has 0 aromatic heterocycles. The van der Waals surface area contributed by atoms with Crippen LogP contribution < -0.4 is 21.3 Å². The van der Waals surface area contributed by atoms with Gasteiger partial charge in [0.2, 0.25) is 29.5 Å². The van der Waals surface area contributed by atoms with Crippen LogP contribution in [0.3, 0.4) is 0 Å². The maximum Gasteiger partial charge on any atom is 0.312 e. The van der Waals surface area contributed by atoms with Crippen molar-refractivity contribution >= 4 is 47.4 Å². The summed E-state index contributed by atoms with van der Waals surface area (Å²) in [5, 5.41) is 28.0. The molecule has 0 unspecified atom stereocenters. The molecule has 1 saturated heterocycles. The third kappa shape index (κ3) is 10.9. The fourth-order valence-corrected chi connectivity index (χ4v) is 5.49. The Kier molecular flexibility index (Phi) is 13.7. The molecular weight excluding hydrogens is 657 g/mol. The number of carbonyl (C=O) groups excluding carboxylic acids is 6. The molecule has 3 rings (SSSR count). The average molecular weight is 698 g/mol. The number of hydrogen-bond donors (Lipinski definition) is 6. The second-order valence-corrected chi connectivity index (χ2v) is 12.0. The minimum atomic E-state index is -1.50. The monoisotopic (exact) mass is 697 g/mol. The molecule has 2 aromatic carbocycles. The van der Waals surface area contributed by atoms with Crippen molar-refractivity contribution in [1.82, 2.24) is 26.2 Å². The lowest BCUT2D eigenvalue weighted by Crippen LogP contribution is -2.58. The molecule has 0 radical (unpaired) electrons. The van der Waals surface area contributed by atoms with Crippen LogP contribution in [0, 0.1) is 11.7 Å². The Balaban J connectivity index is 1.87. The molecule has 5 atom stereocenters. The summed E-state index contributed by atoms with van der Waals surface area (Å²) in [7, 11) is 0. The van der Waals surface area contributed by atoms with Crippen LogP contribution in [0.25, 0.3) is 11.1 Å². The Hall–Kier alpha value is -5.67. The number of nitrogens with one attached hydrogen (secondary N) is 4. The summed E-state index contributed by atoms with van der Waals surface area (Å²) in [6.07, 6.45) is -1.73. The first-order valence-electron chi connectivity index (χ1n) is 15.9. The van der Waals surface area contributed by atoms with E-state index < -0.39 is 96.6 Å². The van der Waals surface area contributed by atoms with E-state index in [9.17, 15) is 47.9 Å². The fourth-order valence-electron chi connectivity index (χ4n) is 5.49. The Bertz CT molecular complexity index is 1630. The number of nitrogens with zero attached hydrogens (tertiary/aromatic N) is 1. The van der Waals surface area contributed by atoms with Crippen LogP contribution >= 0.6 is 0 Å². The van der Waals surface area contributed by atoms with Crippen LogP contribution in [0.4, 0.5) is 4.39 Å². The second kappa shape index (κ2) is 17.6. The van der Waals surface area contributed by atoms with Gasteiger partial charge in [-0.1, -0.05) is 44.5 Å². The van der Waals surface area contributed by atoms with Gasteiger partial charge in [0.1, 0.15) is 30.4 Å². The molecule has 6 N–H and O–H groups in total. The summed E-state index contributed by atoms with van der Waals surface area (Å²) in [6.45, 7) is 4.40. The number of carboxylic acid groups (broad SMARTS) is 2. The Labute approximate surface area is 287 Å². The highest BCUT2D eigenvalue weighted by molar-refractivity contribution is 6.05. The molecule has 15 nitrogen and oxygen atoms in total. The number of imide groups is 1. The molecule has 50 heavy (non-hydrogen) atoms. The molecule has 268 valence electrons. The summed E-state index contributed by atoms with van der Waals surface area (Å²) in [5.41, 5.74) is 1.43. The van der Waals surface area contributed by atoms with E-state index in [2.05, 4.69) is 16.0 Å². The number of carbonyl (C=O) groups is 8. The van der Waals surface area contributed by atoms with Gasteiger partial charge in [0.05, 0.1) is 0 Å². The summed E-state index contributed by atoms with van der Waals surface area (Å²) < 4.78 is 13.7. The van der Waals surface area contributed by atoms with Crippen molar-refractivity contribution in [3.05, 3.63) is 59.9 Å². The zero-order valence-electron chi connectivity index (χ0n) is 27.7. The maximum absolute atomic E-state index is 14.0. The summed E-state index contributed by atoms with van der Waals surface area (Å²) in [6, 6.07) is 7.26. The van der Waals surface area contributed by atoms with E-state index in [1.807, 2.05) is 5.32 Å². The predicted molar refractivity (Wildman–Crippen MR) is 174 cm³/mol. The van der Waals surface area contributed by atoms with Gasteiger partial charge in [-0.05, 0) is 54.2 Å². The topological polar surface area (TPSA) is 228 Å². The van der Waals surface area contributed by atoms with Crippen molar-refractivity contribution < 1.29 is 53.0 Å². The first-order valence-corrected chi connectivity index (χ1v) is 15.9. The van der Waals surface area contributed by atoms with E-state index in [0.29, 0.717) is 17.5 Å². The van der Waals surface area contributed by atoms with E-state index in [0.717, 1.165) is 4.90 Å². The molecule has 0 spiro atoms. The van der Waals surface area contributed by atoms with E-state index in [-0.39, 0.29) is 24.4 Å². The van der Waals surface area contributed by atoms with Gasteiger partial charge in [-0.15, -0.1) is 0 Å². The quantitative estimate of drug-likeness (QED) is 0.146. The number of benzene rings is 2. The van der Waals surface area contributed by atoms with Crippen LogP contribution in [-0.2, 0) is 33.6 Å². The number of carboxylic acids is 2. The van der Waals surface area contributed by atoms with Crippen molar-refractivity contribution in [3.8, 4) is 11.1 Å². The number of amides is 6. The van der Waals surface area contributed by atoms with Gasteiger partial charge in [-0.2, -0.15) is 0 Å². The first-order chi connectivity index (χ1) is 23.6. The van der Waals surface area contributed by atoms with Gasteiger partial charge in [0.25, 0.3) is 5.91 Å². The Morgan fingerprint density at radius 1 is 0.940 bits per heavy atom. The minimum absolute atomic E-state index is 0.202. The van der Waals surface area contributed by atoms with Gasteiger partial charge in [0.15, 0.2) is 0 Å². The Morgan fingerprint density at radius 3 is 2.20 bits per heavy atom. The lowest BCUT2D eigenvalue weighted by Gasteiger charge is -2.30. The smallest absolute Gasteiger partial charge is 0.312 e. The Morgan fingerprint density at radius 2 is 1.62 bits per heavy atom. The average Bonchev–Trinajstić information content (AvgIpc) is 3.48. The van der Waals surface area contributed by atoms with Gasteiger partial charge in [-0.3, -0.25) is 43.7 Å². The predicted octanol–water partition coefficient (Wildman–Crippen LogP) is 1.21. The van der Waals surface area contributed by atoms with Crippen molar-refractivity contribution in [3.63, 3.8) is 0 Å².